The zero-order valence-electron chi connectivity index (χ0n) is 8.31. The summed E-state index contributed by atoms with van der Waals surface area (Å²) in [6.45, 7) is 2.01. The SMILES string of the molecule is Cc1cccc2c(/C(N)=N\O)nccc12. The monoisotopic (exact) mass is 201 g/mol. The molecule has 0 spiro atoms. The van der Waals surface area contributed by atoms with Crippen molar-refractivity contribution >= 4 is 16.6 Å². The van der Waals surface area contributed by atoms with E-state index in [4.69, 9.17) is 10.9 Å². The molecular weight excluding hydrogens is 190 g/mol. The number of nitrogens with zero attached hydrogens (tertiary/aromatic N) is 2. The largest absolute Gasteiger partial charge is 0.409 e. The van der Waals surface area contributed by atoms with Gasteiger partial charge in [0.25, 0.3) is 0 Å². The Morgan fingerprint density at radius 1 is 1.33 bits per heavy atom. The number of rotatable bonds is 1. The van der Waals surface area contributed by atoms with Crippen LogP contribution < -0.4 is 5.73 Å². The van der Waals surface area contributed by atoms with Gasteiger partial charge in [0, 0.05) is 11.6 Å². The Bertz CT molecular complexity index is 534. The molecule has 15 heavy (non-hydrogen) atoms. The van der Waals surface area contributed by atoms with Crippen LogP contribution in [0.1, 0.15) is 11.3 Å². The molecule has 76 valence electrons. The van der Waals surface area contributed by atoms with E-state index in [1.807, 2.05) is 31.2 Å². The average molecular weight is 201 g/mol. The van der Waals surface area contributed by atoms with Gasteiger partial charge in [0.2, 0.25) is 0 Å². The fraction of sp³-hybridized carbons (Fsp3) is 0.0909. The molecule has 0 aliphatic heterocycles. The lowest BCUT2D eigenvalue weighted by Gasteiger charge is -2.05. The molecule has 0 saturated heterocycles. The van der Waals surface area contributed by atoms with Gasteiger partial charge in [0.1, 0.15) is 5.69 Å². The summed E-state index contributed by atoms with van der Waals surface area (Å²) in [6, 6.07) is 7.76. The summed E-state index contributed by atoms with van der Waals surface area (Å²) in [5.41, 5.74) is 7.20. The topological polar surface area (TPSA) is 71.5 Å². The standard InChI is InChI=1S/C11H11N3O/c1-7-3-2-4-9-8(7)5-6-13-10(9)11(12)14-15/h2-6,15H,1H3,(H2,12,14). The number of aryl methyl sites for hydroxylation is 1. The van der Waals surface area contributed by atoms with Crippen LogP contribution in [0.3, 0.4) is 0 Å². The average Bonchev–Trinajstić information content (AvgIpc) is 2.28. The summed E-state index contributed by atoms with van der Waals surface area (Å²) < 4.78 is 0. The van der Waals surface area contributed by atoms with E-state index in [-0.39, 0.29) is 5.84 Å². The van der Waals surface area contributed by atoms with Gasteiger partial charge in [0.15, 0.2) is 5.84 Å². The number of hydrogen-bond donors (Lipinski definition) is 2. The summed E-state index contributed by atoms with van der Waals surface area (Å²) in [5.74, 6) is 0.0335. The molecule has 1 heterocycles. The van der Waals surface area contributed by atoms with E-state index in [0.717, 1.165) is 16.3 Å². The molecule has 1 aromatic heterocycles. The Balaban J connectivity index is 2.83. The molecular formula is C11H11N3O. The fourth-order valence-corrected chi connectivity index (χ4v) is 1.62. The normalized spacial score (nSPS) is 11.9. The van der Waals surface area contributed by atoms with E-state index in [0.29, 0.717) is 5.69 Å². The number of aromatic nitrogens is 1. The summed E-state index contributed by atoms with van der Waals surface area (Å²) in [5, 5.41) is 13.6. The minimum absolute atomic E-state index is 0.0335. The number of oxime groups is 1. The lowest BCUT2D eigenvalue weighted by atomic mass is 10.0. The molecule has 4 nitrogen and oxygen atoms in total. The quantitative estimate of drug-likeness (QED) is 0.319. The first-order chi connectivity index (χ1) is 7.24. The van der Waals surface area contributed by atoms with Crippen LogP contribution >= 0.6 is 0 Å². The zero-order valence-corrected chi connectivity index (χ0v) is 8.31. The smallest absolute Gasteiger partial charge is 0.189 e. The maximum absolute atomic E-state index is 8.64. The second-order valence-electron chi connectivity index (χ2n) is 3.31. The Morgan fingerprint density at radius 3 is 2.87 bits per heavy atom. The van der Waals surface area contributed by atoms with E-state index >= 15 is 0 Å². The number of nitrogens with two attached hydrogens (primary N) is 1. The van der Waals surface area contributed by atoms with Crippen molar-refractivity contribution in [3.63, 3.8) is 0 Å². The lowest BCUT2D eigenvalue weighted by molar-refractivity contribution is 0.318. The molecule has 0 bridgehead atoms. The number of amidine groups is 1. The molecule has 0 amide bonds. The molecule has 0 aliphatic carbocycles. The van der Waals surface area contributed by atoms with E-state index in [2.05, 4.69) is 10.1 Å². The highest BCUT2D eigenvalue weighted by atomic mass is 16.4. The molecule has 0 unspecified atom stereocenters. The molecule has 1 aromatic carbocycles. The highest BCUT2D eigenvalue weighted by Crippen LogP contribution is 2.19. The predicted octanol–water partition coefficient (Wildman–Crippen LogP) is 1.64. The first kappa shape index (κ1) is 9.45. The van der Waals surface area contributed by atoms with Crippen molar-refractivity contribution in [1.29, 1.82) is 0 Å². The number of pyridine rings is 1. The molecule has 0 aliphatic rings. The van der Waals surface area contributed by atoms with Gasteiger partial charge in [-0.2, -0.15) is 0 Å². The van der Waals surface area contributed by atoms with E-state index in [1.165, 1.54) is 0 Å². The minimum Gasteiger partial charge on any atom is -0.409 e. The number of benzene rings is 1. The van der Waals surface area contributed by atoms with Gasteiger partial charge in [-0.05, 0) is 23.9 Å². The van der Waals surface area contributed by atoms with Crippen LogP contribution in [-0.2, 0) is 0 Å². The van der Waals surface area contributed by atoms with E-state index < -0.39 is 0 Å². The third kappa shape index (κ3) is 1.50. The molecule has 2 aromatic rings. The summed E-state index contributed by atoms with van der Waals surface area (Å²) >= 11 is 0. The summed E-state index contributed by atoms with van der Waals surface area (Å²) in [6.07, 6.45) is 1.66. The molecule has 2 rings (SSSR count). The second kappa shape index (κ2) is 3.57. The molecule has 0 radical (unpaired) electrons. The number of fused-ring (bicyclic) bond motifs is 1. The lowest BCUT2D eigenvalue weighted by Crippen LogP contribution is -2.15. The van der Waals surface area contributed by atoms with Gasteiger partial charge in [-0.25, -0.2) is 0 Å². The maximum Gasteiger partial charge on any atom is 0.189 e. The van der Waals surface area contributed by atoms with Gasteiger partial charge in [-0.1, -0.05) is 23.4 Å². The van der Waals surface area contributed by atoms with Gasteiger partial charge >= 0.3 is 0 Å². The van der Waals surface area contributed by atoms with Crippen LogP contribution in [0.25, 0.3) is 10.8 Å². The highest BCUT2D eigenvalue weighted by molar-refractivity contribution is 6.07. The van der Waals surface area contributed by atoms with Crippen molar-refractivity contribution in [3.05, 3.63) is 41.7 Å². The van der Waals surface area contributed by atoms with Crippen molar-refractivity contribution in [3.8, 4) is 0 Å². The maximum atomic E-state index is 8.64. The van der Waals surface area contributed by atoms with Gasteiger partial charge in [-0.15, -0.1) is 0 Å². The molecule has 0 atom stereocenters. The van der Waals surface area contributed by atoms with E-state index in [1.54, 1.807) is 6.20 Å². The third-order valence-corrected chi connectivity index (χ3v) is 2.37. The van der Waals surface area contributed by atoms with Crippen molar-refractivity contribution in [1.82, 2.24) is 4.98 Å². The van der Waals surface area contributed by atoms with Crippen molar-refractivity contribution in [2.24, 2.45) is 10.9 Å². The highest BCUT2D eigenvalue weighted by Gasteiger charge is 2.07. The summed E-state index contributed by atoms with van der Waals surface area (Å²) in [4.78, 5) is 4.10. The van der Waals surface area contributed by atoms with Crippen LogP contribution in [0.5, 0.6) is 0 Å². The Kier molecular flexibility index (Phi) is 2.25. The van der Waals surface area contributed by atoms with Crippen molar-refractivity contribution in [2.45, 2.75) is 6.92 Å². The second-order valence-corrected chi connectivity index (χ2v) is 3.31. The Morgan fingerprint density at radius 2 is 2.13 bits per heavy atom. The first-order valence-corrected chi connectivity index (χ1v) is 4.56. The van der Waals surface area contributed by atoms with E-state index in [9.17, 15) is 0 Å². The molecule has 0 fully saturated rings. The van der Waals surface area contributed by atoms with Gasteiger partial charge in [0.05, 0.1) is 0 Å². The van der Waals surface area contributed by atoms with Crippen LogP contribution in [0.15, 0.2) is 35.6 Å². The third-order valence-electron chi connectivity index (χ3n) is 2.37. The Labute approximate surface area is 87.0 Å². The Hall–Kier alpha value is -2.10. The van der Waals surface area contributed by atoms with Crippen molar-refractivity contribution in [2.75, 3.05) is 0 Å². The van der Waals surface area contributed by atoms with Crippen molar-refractivity contribution < 1.29 is 5.21 Å². The molecule has 3 N–H and O–H groups in total. The van der Waals surface area contributed by atoms with Gasteiger partial charge in [-0.3, -0.25) is 4.98 Å². The minimum atomic E-state index is 0.0335. The van der Waals surface area contributed by atoms with Crippen LogP contribution in [0, 0.1) is 6.92 Å². The van der Waals surface area contributed by atoms with Gasteiger partial charge < -0.3 is 10.9 Å². The van der Waals surface area contributed by atoms with Crippen LogP contribution in [-0.4, -0.2) is 16.0 Å². The predicted molar refractivity (Wildman–Crippen MR) is 59.0 cm³/mol. The molecule has 4 heteroatoms. The first-order valence-electron chi connectivity index (χ1n) is 4.56. The summed E-state index contributed by atoms with van der Waals surface area (Å²) in [7, 11) is 0. The zero-order chi connectivity index (χ0) is 10.8. The molecule has 0 saturated carbocycles. The van der Waals surface area contributed by atoms with Crippen LogP contribution in [0.2, 0.25) is 0 Å². The number of hydrogen-bond acceptors (Lipinski definition) is 3. The fourth-order valence-electron chi connectivity index (χ4n) is 1.62. The van der Waals surface area contributed by atoms with Crippen LogP contribution in [0.4, 0.5) is 0 Å².